The summed E-state index contributed by atoms with van der Waals surface area (Å²) in [6, 6.07) is 7.05. The topological polar surface area (TPSA) is 37.3 Å². The lowest BCUT2D eigenvalue weighted by molar-refractivity contribution is 0.0903. The summed E-state index contributed by atoms with van der Waals surface area (Å²) in [6.45, 7) is 3.12. The van der Waals surface area contributed by atoms with E-state index in [2.05, 4.69) is 6.58 Å². The molecule has 1 N–H and O–H groups in total. The molecule has 0 aromatic heterocycles. The summed E-state index contributed by atoms with van der Waals surface area (Å²) in [5.41, 5.74) is 1.28. The Labute approximate surface area is 71.2 Å². The zero-order chi connectivity index (χ0) is 8.97. The van der Waals surface area contributed by atoms with Crippen LogP contribution in [0.25, 0.3) is 6.08 Å². The summed E-state index contributed by atoms with van der Waals surface area (Å²) in [7, 11) is 0. The summed E-state index contributed by atoms with van der Waals surface area (Å²) >= 11 is 0. The molecule has 0 saturated heterocycles. The standard InChI is InChI=1S/C10H10O2/c1-2-8-5-3-4-6-9(8)10(12)7-11/h2-6,11H,1,7H2. The molecule has 0 radical (unpaired) electrons. The third-order valence-corrected chi connectivity index (χ3v) is 1.62. The first-order valence-electron chi connectivity index (χ1n) is 3.65. The third-order valence-electron chi connectivity index (χ3n) is 1.62. The van der Waals surface area contributed by atoms with Gasteiger partial charge in [0.2, 0.25) is 0 Å². The molecule has 2 heteroatoms. The second-order valence-corrected chi connectivity index (χ2v) is 2.37. The molecule has 0 amide bonds. The van der Waals surface area contributed by atoms with E-state index in [1.807, 2.05) is 6.07 Å². The molecule has 2 nitrogen and oxygen atoms in total. The number of ketones is 1. The molecule has 0 aliphatic carbocycles. The van der Waals surface area contributed by atoms with Crippen LogP contribution in [0.3, 0.4) is 0 Å². The van der Waals surface area contributed by atoms with Crippen LogP contribution in [0.5, 0.6) is 0 Å². The van der Waals surface area contributed by atoms with Gasteiger partial charge >= 0.3 is 0 Å². The van der Waals surface area contributed by atoms with Crippen LogP contribution in [0.2, 0.25) is 0 Å². The number of aliphatic hydroxyl groups is 1. The van der Waals surface area contributed by atoms with Crippen molar-refractivity contribution in [3.8, 4) is 0 Å². The average Bonchev–Trinajstić information content (AvgIpc) is 2.16. The lowest BCUT2D eigenvalue weighted by Crippen LogP contribution is -2.05. The van der Waals surface area contributed by atoms with Gasteiger partial charge < -0.3 is 5.11 Å². The Kier molecular flexibility index (Phi) is 2.77. The van der Waals surface area contributed by atoms with E-state index in [1.165, 1.54) is 0 Å². The van der Waals surface area contributed by atoms with Gasteiger partial charge in [-0.05, 0) is 5.56 Å². The Balaban J connectivity index is 3.13. The van der Waals surface area contributed by atoms with E-state index in [0.717, 1.165) is 5.56 Å². The van der Waals surface area contributed by atoms with Crippen molar-refractivity contribution in [3.05, 3.63) is 42.0 Å². The molecule has 0 aliphatic rings. The zero-order valence-electron chi connectivity index (χ0n) is 6.66. The van der Waals surface area contributed by atoms with Crippen LogP contribution in [-0.4, -0.2) is 17.5 Å². The fourth-order valence-corrected chi connectivity index (χ4v) is 1.01. The van der Waals surface area contributed by atoms with Gasteiger partial charge in [0, 0.05) is 5.56 Å². The first kappa shape index (κ1) is 8.68. The van der Waals surface area contributed by atoms with Crippen molar-refractivity contribution in [1.29, 1.82) is 0 Å². The highest BCUT2D eigenvalue weighted by Gasteiger charge is 2.06. The molecule has 0 saturated carbocycles. The highest BCUT2D eigenvalue weighted by Crippen LogP contribution is 2.09. The third kappa shape index (κ3) is 1.60. The molecule has 1 rings (SSSR count). The molecule has 0 fully saturated rings. The minimum Gasteiger partial charge on any atom is -0.388 e. The van der Waals surface area contributed by atoms with E-state index in [0.29, 0.717) is 5.56 Å². The molecule has 0 spiro atoms. The number of aliphatic hydroxyl groups excluding tert-OH is 1. The number of hydrogen-bond acceptors (Lipinski definition) is 2. The number of hydrogen-bond donors (Lipinski definition) is 1. The van der Waals surface area contributed by atoms with Crippen LogP contribution < -0.4 is 0 Å². The van der Waals surface area contributed by atoms with Crippen LogP contribution in [0, 0.1) is 0 Å². The Bertz CT molecular complexity index is 302. The summed E-state index contributed by atoms with van der Waals surface area (Å²) in [6.07, 6.45) is 1.60. The summed E-state index contributed by atoms with van der Waals surface area (Å²) in [4.78, 5) is 11.1. The second kappa shape index (κ2) is 3.83. The van der Waals surface area contributed by atoms with Crippen molar-refractivity contribution in [1.82, 2.24) is 0 Å². The van der Waals surface area contributed by atoms with Gasteiger partial charge in [-0.2, -0.15) is 0 Å². The molecule has 0 unspecified atom stereocenters. The number of carbonyl (C=O) groups is 1. The lowest BCUT2D eigenvalue weighted by atomic mass is 10.0. The van der Waals surface area contributed by atoms with Gasteiger partial charge in [0.1, 0.15) is 6.61 Å². The van der Waals surface area contributed by atoms with E-state index in [1.54, 1.807) is 24.3 Å². The van der Waals surface area contributed by atoms with Crippen molar-refractivity contribution in [2.75, 3.05) is 6.61 Å². The van der Waals surface area contributed by atoms with Gasteiger partial charge in [0.15, 0.2) is 5.78 Å². The molecule has 62 valence electrons. The van der Waals surface area contributed by atoms with Crippen molar-refractivity contribution in [2.24, 2.45) is 0 Å². The molecular formula is C10H10O2. The Morgan fingerprint density at radius 2 is 2.17 bits per heavy atom. The van der Waals surface area contributed by atoms with E-state index in [9.17, 15) is 4.79 Å². The Hall–Kier alpha value is -1.41. The zero-order valence-corrected chi connectivity index (χ0v) is 6.66. The highest BCUT2D eigenvalue weighted by atomic mass is 16.3. The van der Waals surface area contributed by atoms with Crippen LogP contribution >= 0.6 is 0 Å². The average molecular weight is 162 g/mol. The molecule has 12 heavy (non-hydrogen) atoms. The normalized spacial score (nSPS) is 9.42. The summed E-state index contributed by atoms with van der Waals surface area (Å²) < 4.78 is 0. The first-order chi connectivity index (χ1) is 5.79. The van der Waals surface area contributed by atoms with Crippen LogP contribution in [0.15, 0.2) is 30.8 Å². The number of rotatable bonds is 3. The minimum absolute atomic E-state index is 0.273. The van der Waals surface area contributed by atoms with Gasteiger partial charge in [-0.1, -0.05) is 36.9 Å². The number of benzene rings is 1. The van der Waals surface area contributed by atoms with Gasteiger partial charge in [-0.25, -0.2) is 0 Å². The minimum atomic E-state index is -0.454. The van der Waals surface area contributed by atoms with Crippen LogP contribution in [0.1, 0.15) is 15.9 Å². The Morgan fingerprint density at radius 1 is 1.50 bits per heavy atom. The van der Waals surface area contributed by atoms with Crippen LogP contribution in [-0.2, 0) is 0 Å². The largest absolute Gasteiger partial charge is 0.388 e. The molecule has 0 aliphatic heterocycles. The van der Waals surface area contributed by atoms with E-state index >= 15 is 0 Å². The van der Waals surface area contributed by atoms with Crippen LogP contribution in [0.4, 0.5) is 0 Å². The number of carbonyl (C=O) groups excluding carboxylic acids is 1. The predicted molar refractivity (Wildman–Crippen MR) is 47.9 cm³/mol. The van der Waals surface area contributed by atoms with E-state index in [-0.39, 0.29) is 5.78 Å². The van der Waals surface area contributed by atoms with Gasteiger partial charge in [-0.3, -0.25) is 4.79 Å². The summed E-state index contributed by atoms with van der Waals surface area (Å²) in [5, 5.41) is 8.62. The van der Waals surface area contributed by atoms with Crippen molar-refractivity contribution in [3.63, 3.8) is 0 Å². The van der Waals surface area contributed by atoms with Crippen molar-refractivity contribution < 1.29 is 9.90 Å². The summed E-state index contributed by atoms with van der Waals surface area (Å²) in [5.74, 6) is -0.273. The molecule has 0 atom stereocenters. The maximum absolute atomic E-state index is 11.1. The molecule has 0 heterocycles. The predicted octanol–water partition coefficient (Wildman–Crippen LogP) is 1.50. The van der Waals surface area contributed by atoms with Crippen molar-refractivity contribution >= 4 is 11.9 Å². The first-order valence-corrected chi connectivity index (χ1v) is 3.65. The molecule has 0 bridgehead atoms. The van der Waals surface area contributed by atoms with E-state index in [4.69, 9.17) is 5.11 Å². The van der Waals surface area contributed by atoms with Crippen molar-refractivity contribution in [2.45, 2.75) is 0 Å². The molecule has 1 aromatic carbocycles. The fourth-order valence-electron chi connectivity index (χ4n) is 1.01. The Morgan fingerprint density at radius 3 is 2.75 bits per heavy atom. The van der Waals surface area contributed by atoms with Gasteiger partial charge in [0.25, 0.3) is 0 Å². The molecular weight excluding hydrogens is 152 g/mol. The second-order valence-electron chi connectivity index (χ2n) is 2.37. The van der Waals surface area contributed by atoms with Gasteiger partial charge in [0.05, 0.1) is 0 Å². The quantitative estimate of drug-likeness (QED) is 0.684. The van der Waals surface area contributed by atoms with Gasteiger partial charge in [-0.15, -0.1) is 0 Å². The number of Topliss-reactive ketones (excluding diaryl/α,β-unsaturated/α-hetero) is 1. The fraction of sp³-hybridized carbons (Fsp3) is 0.100. The molecule has 1 aromatic rings. The monoisotopic (exact) mass is 162 g/mol. The lowest BCUT2D eigenvalue weighted by Gasteiger charge is -2.01. The highest BCUT2D eigenvalue weighted by molar-refractivity contribution is 6.00. The maximum atomic E-state index is 11.1. The van der Waals surface area contributed by atoms with E-state index < -0.39 is 6.61 Å². The maximum Gasteiger partial charge on any atom is 0.188 e. The smallest absolute Gasteiger partial charge is 0.188 e. The SMILES string of the molecule is C=Cc1ccccc1C(=O)CO.